The summed E-state index contributed by atoms with van der Waals surface area (Å²) in [5, 5.41) is 0. The Morgan fingerprint density at radius 1 is 1.43 bits per heavy atom. The summed E-state index contributed by atoms with van der Waals surface area (Å²) in [4.78, 5) is 0. The number of aryl methyl sites for hydroxylation is 1. The van der Waals surface area contributed by atoms with E-state index in [1.165, 1.54) is 36.0 Å². The highest BCUT2D eigenvalue weighted by Gasteiger charge is 2.21. The molecule has 74 valence electrons. The van der Waals surface area contributed by atoms with Crippen LogP contribution in [0.1, 0.15) is 29.9 Å². The molecule has 1 aliphatic carbocycles. The Balaban J connectivity index is 2.35. The maximum Gasteiger partial charge on any atom is 0.0436 e. The average Bonchev–Trinajstić information content (AvgIpc) is 2.27. The van der Waals surface area contributed by atoms with E-state index in [0.29, 0.717) is 11.8 Å². The Bertz CT molecular complexity index is 341. The summed E-state index contributed by atoms with van der Waals surface area (Å²) < 4.78 is 0. The van der Waals surface area contributed by atoms with Gasteiger partial charge in [0.15, 0.2) is 0 Å². The summed E-state index contributed by atoms with van der Waals surface area (Å²) in [6, 6.07) is 8.67. The Morgan fingerprint density at radius 3 is 3.00 bits per heavy atom. The molecule has 0 N–H and O–H groups in total. The molecule has 1 aromatic rings. The summed E-state index contributed by atoms with van der Waals surface area (Å²) in [7, 11) is 0. The van der Waals surface area contributed by atoms with Crippen molar-refractivity contribution in [3.63, 3.8) is 0 Å². The highest BCUT2D eigenvalue weighted by Crippen LogP contribution is 2.36. The highest BCUT2D eigenvalue weighted by molar-refractivity contribution is 6.19. The van der Waals surface area contributed by atoms with Gasteiger partial charge in [-0.3, -0.25) is 0 Å². The molecule has 2 rings (SSSR count). The van der Waals surface area contributed by atoms with Gasteiger partial charge in [-0.2, -0.15) is 0 Å². The van der Waals surface area contributed by atoms with Gasteiger partial charge in [-0.25, -0.2) is 0 Å². The van der Waals surface area contributed by atoms with Crippen molar-refractivity contribution in [3.8, 4) is 0 Å². The van der Waals surface area contributed by atoms with E-state index in [1.54, 1.807) is 0 Å². The average molecular weight is 207 g/mol. The fourth-order valence-electron chi connectivity index (χ4n) is 2.27. The summed E-state index contributed by atoms with van der Waals surface area (Å²) in [5.41, 5.74) is 4.10. The number of alkyl halides is 1. The molecule has 0 saturated heterocycles. The van der Waals surface area contributed by atoms with Gasteiger partial charge in [0, 0.05) is 11.8 Å². The molecular weight excluding hydrogens is 192 g/mol. The zero-order valence-corrected chi connectivity index (χ0v) is 9.06. The van der Waals surface area contributed by atoms with Crippen molar-refractivity contribution >= 4 is 11.6 Å². The maximum atomic E-state index is 5.85. The molecule has 1 atom stereocenters. The fourth-order valence-corrected chi connectivity index (χ4v) is 2.46. The molecule has 1 heteroatoms. The largest absolute Gasteiger partial charge is 0.122 e. The van der Waals surface area contributed by atoms with E-state index in [9.17, 15) is 0 Å². The molecule has 1 aliphatic rings. The first-order valence-electron chi connectivity index (χ1n) is 5.14. The smallest absolute Gasteiger partial charge is 0.0436 e. The summed E-state index contributed by atoms with van der Waals surface area (Å²) in [6.07, 6.45) is 3.68. The quantitative estimate of drug-likeness (QED) is 0.509. The van der Waals surface area contributed by atoms with Gasteiger partial charge in [-0.1, -0.05) is 36.4 Å². The summed E-state index contributed by atoms with van der Waals surface area (Å²) >= 11 is 5.85. The van der Waals surface area contributed by atoms with Gasteiger partial charge in [0.2, 0.25) is 0 Å². The van der Waals surface area contributed by atoms with Crippen LogP contribution in [0, 0.1) is 0 Å². The molecule has 0 saturated carbocycles. The molecule has 14 heavy (non-hydrogen) atoms. The molecular formula is C13H15Cl. The van der Waals surface area contributed by atoms with Crippen molar-refractivity contribution < 1.29 is 0 Å². The van der Waals surface area contributed by atoms with Crippen molar-refractivity contribution in [3.05, 3.63) is 47.5 Å². The molecule has 0 spiro atoms. The zero-order valence-electron chi connectivity index (χ0n) is 8.30. The minimum Gasteiger partial charge on any atom is -0.122 e. The molecule has 0 heterocycles. The third-order valence-corrected chi connectivity index (χ3v) is 3.38. The van der Waals surface area contributed by atoms with Crippen LogP contribution in [-0.4, -0.2) is 5.88 Å². The third-order valence-electron chi connectivity index (χ3n) is 3.03. The molecule has 0 radical (unpaired) electrons. The Labute approximate surface area is 90.6 Å². The first-order valence-corrected chi connectivity index (χ1v) is 5.68. The number of hydrogen-bond donors (Lipinski definition) is 0. The van der Waals surface area contributed by atoms with Crippen LogP contribution in [0.4, 0.5) is 0 Å². The van der Waals surface area contributed by atoms with Crippen molar-refractivity contribution in [2.75, 3.05) is 5.88 Å². The monoisotopic (exact) mass is 206 g/mol. The maximum absolute atomic E-state index is 5.85. The van der Waals surface area contributed by atoms with Crippen LogP contribution in [0.25, 0.3) is 0 Å². The molecule has 0 fully saturated rings. The van der Waals surface area contributed by atoms with Gasteiger partial charge in [0.1, 0.15) is 0 Å². The van der Waals surface area contributed by atoms with Gasteiger partial charge < -0.3 is 0 Å². The number of benzene rings is 1. The molecule has 0 bridgehead atoms. The predicted molar refractivity (Wildman–Crippen MR) is 62.0 cm³/mol. The molecule has 0 nitrogen and oxygen atoms in total. The molecule has 1 unspecified atom stereocenters. The lowest BCUT2D eigenvalue weighted by molar-refractivity contribution is 0.610. The van der Waals surface area contributed by atoms with Crippen molar-refractivity contribution in [2.24, 2.45) is 0 Å². The van der Waals surface area contributed by atoms with Crippen LogP contribution >= 0.6 is 11.6 Å². The van der Waals surface area contributed by atoms with Gasteiger partial charge in [-0.15, -0.1) is 11.6 Å². The van der Waals surface area contributed by atoms with E-state index in [2.05, 4.69) is 30.8 Å². The van der Waals surface area contributed by atoms with E-state index in [-0.39, 0.29) is 0 Å². The van der Waals surface area contributed by atoms with Crippen LogP contribution in [0.5, 0.6) is 0 Å². The number of hydrogen-bond acceptors (Lipinski definition) is 0. The molecule has 0 amide bonds. The lowest BCUT2D eigenvalue weighted by Gasteiger charge is -2.26. The summed E-state index contributed by atoms with van der Waals surface area (Å²) in [5.74, 6) is 1.08. The first kappa shape index (κ1) is 9.79. The van der Waals surface area contributed by atoms with Crippen molar-refractivity contribution in [2.45, 2.75) is 25.2 Å². The van der Waals surface area contributed by atoms with Crippen LogP contribution in [0.15, 0.2) is 36.4 Å². The number of allylic oxidation sites excluding steroid dienone is 1. The Morgan fingerprint density at radius 2 is 2.21 bits per heavy atom. The topological polar surface area (TPSA) is 0 Å². The van der Waals surface area contributed by atoms with Gasteiger partial charge in [-0.05, 0) is 30.4 Å². The van der Waals surface area contributed by atoms with Crippen molar-refractivity contribution in [1.29, 1.82) is 0 Å². The minimum atomic E-state index is 0.498. The fraction of sp³-hybridized carbons (Fsp3) is 0.385. The predicted octanol–water partition coefficient (Wildman–Crippen LogP) is 3.90. The van der Waals surface area contributed by atoms with E-state index < -0.39 is 0 Å². The van der Waals surface area contributed by atoms with E-state index in [1.807, 2.05) is 0 Å². The second-order valence-electron chi connectivity index (χ2n) is 3.94. The molecule has 0 aromatic heterocycles. The molecule has 1 aromatic carbocycles. The second-order valence-corrected chi connectivity index (χ2v) is 4.20. The highest BCUT2D eigenvalue weighted by atomic mass is 35.5. The number of halogens is 1. The van der Waals surface area contributed by atoms with Crippen LogP contribution < -0.4 is 0 Å². The zero-order chi connectivity index (χ0) is 9.97. The van der Waals surface area contributed by atoms with Gasteiger partial charge in [0.05, 0.1) is 0 Å². The third kappa shape index (κ3) is 1.72. The van der Waals surface area contributed by atoms with E-state index >= 15 is 0 Å². The molecule has 0 aliphatic heterocycles. The van der Waals surface area contributed by atoms with Gasteiger partial charge >= 0.3 is 0 Å². The van der Waals surface area contributed by atoms with Crippen LogP contribution in [0.3, 0.4) is 0 Å². The lowest BCUT2D eigenvalue weighted by atomic mass is 9.79. The van der Waals surface area contributed by atoms with E-state index in [0.717, 1.165) is 0 Å². The SMILES string of the molecule is C=C(CCl)C1CCCc2ccccc21. The lowest BCUT2D eigenvalue weighted by Crippen LogP contribution is -2.11. The van der Waals surface area contributed by atoms with Crippen molar-refractivity contribution in [1.82, 2.24) is 0 Å². The Kier molecular flexibility index (Phi) is 2.93. The number of rotatable bonds is 2. The van der Waals surface area contributed by atoms with E-state index in [4.69, 9.17) is 11.6 Å². The first-order chi connectivity index (χ1) is 6.83. The standard InChI is InChI=1S/C13H15Cl/c1-10(9-14)12-8-4-6-11-5-2-3-7-13(11)12/h2-3,5,7,12H,1,4,6,8-9H2. The van der Waals surface area contributed by atoms with Crippen LogP contribution in [0.2, 0.25) is 0 Å². The minimum absolute atomic E-state index is 0.498. The summed E-state index contributed by atoms with van der Waals surface area (Å²) in [6.45, 7) is 4.06. The van der Waals surface area contributed by atoms with Gasteiger partial charge in [0.25, 0.3) is 0 Å². The Hall–Kier alpha value is -0.750. The normalized spacial score (nSPS) is 20.2. The van der Waals surface area contributed by atoms with Crippen LogP contribution in [-0.2, 0) is 6.42 Å². The second kappa shape index (κ2) is 4.18. The number of fused-ring (bicyclic) bond motifs is 1.